The van der Waals surface area contributed by atoms with Crippen molar-refractivity contribution >= 4 is 5.91 Å². The Hall–Kier alpha value is -0.830. The standard InChI is InChI=1S/C9H16N2O/c1-6(2)7(3)9(12)11-8-4-10-5-8/h8,10H,4-5H2,1-3H3,(H,11,12). The monoisotopic (exact) mass is 168 g/mol. The molecule has 2 N–H and O–H groups in total. The third-order valence-electron chi connectivity index (χ3n) is 2.21. The molecule has 12 heavy (non-hydrogen) atoms. The number of allylic oxidation sites excluding steroid dienone is 1. The molecule has 1 heterocycles. The molecule has 0 radical (unpaired) electrons. The van der Waals surface area contributed by atoms with Gasteiger partial charge in [0.2, 0.25) is 5.91 Å². The number of rotatable bonds is 2. The average molecular weight is 168 g/mol. The molecule has 0 bridgehead atoms. The molecule has 0 unspecified atom stereocenters. The van der Waals surface area contributed by atoms with Gasteiger partial charge in [0.15, 0.2) is 0 Å². The van der Waals surface area contributed by atoms with Gasteiger partial charge in [-0.1, -0.05) is 5.57 Å². The molecule has 0 atom stereocenters. The SMILES string of the molecule is CC(C)=C(C)C(=O)NC1CNC1. The quantitative estimate of drug-likeness (QED) is 0.587. The van der Waals surface area contributed by atoms with Crippen LogP contribution in [0.15, 0.2) is 11.1 Å². The molecule has 1 saturated heterocycles. The minimum atomic E-state index is 0.0708. The predicted molar refractivity (Wildman–Crippen MR) is 48.8 cm³/mol. The Balaban J connectivity index is 2.42. The van der Waals surface area contributed by atoms with Gasteiger partial charge >= 0.3 is 0 Å². The molecule has 1 aliphatic rings. The topological polar surface area (TPSA) is 41.1 Å². The molecule has 1 aliphatic heterocycles. The highest BCUT2D eigenvalue weighted by atomic mass is 16.1. The summed E-state index contributed by atoms with van der Waals surface area (Å²) in [5.41, 5.74) is 1.92. The summed E-state index contributed by atoms with van der Waals surface area (Å²) < 4.78 is 0. The number of hydrogen-bond donors (Lipinski definition) is 2. The fourth-order valence-electron chi connectivity index (χ4n) is 0.911. The van der Waals surface area contributed by atoms with Crippen LogP contribution >= 0.6 is 0 Å². The van der Waals surface area contributed by atoms with Crippen LogP contribution in [0.2, 0.25) is 0 Å². The van der Waals surface area contributed by atoms with Gasteiger partial charge in [-0.25, -0.2) is 0 Å². The van der Waals surface area contributed by atoms with E-state index in [4.69, 9.17) is 0 Å². The van der Waals surface area contributed by atoms with Gasteiger partial charge < -0.3 is 10.6 Å². The summed E-state index contributed by atoms with van der Waals surface area (Å²) in [6.07, 6.45) is 0. The van der Waals surface area contributed by atoms with Crippen molar-refractivity contribution in [1.29, 1.82) is 0 Å². The fraction of sp³-hybridized carbons (Fsp3) is 0.667. The second-order valence-corrected chi connectivity index (χ2v) is 3.45. The number of nitrogens with one attached hydrogen (secondary N) is 2. The van der Waals surface area contributed by atoms with E-state index in [1.807, 2.05) is 20.8 Å². The van der Waals surface area contributed by atoms with E-state index in [0.29, 0.717) is 6.04 Å². The summed E-state index contributed by atoms with van der Waals surface area (Å²) in [6, 6.07) is 0.340. The maximum atomic E-state index is 11.4. The van der Waals surface area contributed by atoms with Gasteiger partial charge in [-0.2, -0.15) is 0 Å². The lowest BCUT2D eigenvalue weighted by molar-refractivity contribution is -0.118. The smallest absolute Gasteiger partial charge is 0.247 e. The third kappa shape index (κ3) is 2.08. The van der Waals surface area contributed by atoms with Crippen LogP contribution in [0.5, 0.6) is 0 Å². The van der Waals surface area contributed by atoms with Crippen LogP contribution in [0.4, 0.5) is 0 Å². The number of carbonyl (C=O) groups is 1. The number of amides is 1. The highest BCUT2D eigenvalue weighted by Gasteiger charge is 2.19. The fourth-order valence-corrected chi connectivity index (χ4v) is 0.911. The van der Waals surface area contributed by atoms with Gasteiger partial charge in [0, 0.05) is 18.7 Å². The summed E-state index contributed by atoms with van der Waals surface area (Å²) in [6.45, 7) is 7.57. The molecule has 1 rings (SSSR count). The van der Waals surface area contributed by atoms with Crippen molar-refractivity contribution < 1.29 is 4.79 Å². The second-order valence-electron chi connectivity index (χ2n) is 3.45. The largest absolute Gasteiger partial charge is 0.347 e. The average Bonchev–Trinajstić information content (AvgIpc) is 1.94. The van der Waals surface area contributed by atoms with Crippen molar-refractivity contribution in [2.24, 2.45) is 0 Å². The molecule has 3 nitrogen and oxygen atoms in total. The Kier molecular flexibility index (Phi) is 2.87. The van der Waals surface area contributed by atoms with E-state index in [1.165, 1.54) is 0 Å². The summed E-state index contributed by atoms with van der Waals surface area (Å²) in [5.74, 6) is 0.0708. The first-order valence-electron chi connectivity index (χ1n) is 4.27. The number of hydrogen-bond acceptors (Lipinski definition) is 2. The zero-order valence-corrected chi connectivity index (χ0v) is 7.90. The van der Waals surface area contributed by atoms with Crippen LogP contribution in [-0.4, -0.2) is 25.0 Å². The lowest BCUT2D eigenvalue weighted by Crippen LogP contribution is -2.57. The first-order valence-corrected chi connectivity index (χ1v) is 4.27. The maximum absolute atomic E-state index is 11.4. The summed E-state index contributed by atoms with van der Waals surface area (Å²) >= 11 is 0. The molecular formula is C9H16N2O. The molecule has 1 amide bonds. The second kappa shape index (κ2) is 3.72. The molecule has 0 aromatic carbocycles. The molecule has 0 saturated carbocycles. The van der Waals surface area contributed by atoms with Crippen molar-refractivity contribution in [3.63, 3.8) is 0 Å². The van der Waals surface area contributed by atoms with Crippen molar-refractivity contribution in [2.45, 2.75) is 26.8 Å². The highest BCUT2D eigenvalue weighted by Crippen LogP contribution is 2.02. The van der Waals surface area contributed by atoms with Crippen LogP contribution < -0.4 is 10.6 Å². The Morgan fingerprint density at radius 3 is 2.25 bits per heavy atom. The molecule has 3 heteroatoms. The lowest BCUT2D eigenvalue weighted by atomic mass is 10.1. The van der Waals surface area contributed by atoms with Crippen LogP contribution in [0.25, 0.3) is 0 Å². The highest BCUT2D eigenvalue weighted by molar-refractivity contribution is 5.93. The van der Waals surface area contributed by atoms with E-state index >= 15 is 0 Å². The van der Waals surface area contributed by atoms with Crippen molar-refractivity contribution in [2.75, 3.05) is 13.1 Å². The van der Waals surface area contributed by atoms with E-state index < -0.39 is 0 Å². The Morgan fingerprint density at radius 1 is 1.33 bits per heavy atom. The normalized spacial score (nSPS) is 16.6. The van der Waals surface area contributed by atoms with Crippen LogP contribution in [0.1, 0.15) is 20.8 Å². The van der Waals surface area contributed by atoms with E-state index in [2.05, 4.69) is 10.6 Å². The molecule has 0 spiro atoms. The Morgan fingerprint density at radius 2 is 1.92 bits per heavy atom. The Bertz CT molecular complexity index is 213. The zero-order chi connectivity index (χ0) is 9.14. The van der Waals surface area contributed by atoms with Gasteiger partial charge in [-0.05, 0) is 20.8 Å². The van der Waals surface area contributed by atoms with Crippen molar-refractivity contribution in [1.82, 2.24) is 10.6 Å². The van der Waals surface area contributed by atoms with Crippen LogP contribution in [0, 0.1) is 0 Å². The first kappa shape index (κ1) is 9.26. The molecular weight excluding hydrogens is 152 g/mol. The third-order valence-corrected chi connectivity index (χ3v) is 2.21. The summed E-state index contributed by atoms with van der Waals surface area (Å²) in [7, 11) is 0. The van der Waals surface area contributed by atoms with E-state index in [1.54, 1.807) is 0 Å². The zero-order valence-electron chi connectivity index (χ0n) is 7.90. The van der Waals surface area contributed by atoms with Crippen LogP contribution in [-0.2, 0) is 4.79 Å². The van der Waals surface area contributed by atoms with Gasteiger partial charge in [0.25, 0.3) is 0 Å². The van der Waals surface area contributed by atoms with Crippen molar-refractivity contribution in [3.8, 4) is 0 Å². The Labute approximate surface area is 73.2 Å². The maximum Gasteiger partial charge on any atom is 0.247 e. The summed E-state index contributed by atoms with van der Waals surface area (Å²) in [4.78, 5) is 11.4. The van der Waals surface area contributed by atoms with E-state index in [9.17, 15) is 4.79 Å². The predicted octanol–water partition coefficient (Wildman–Crippen LogP) is 0.431. The molecule has 0 aromatic rings. The van der Waals surface area contributed by atoms with Crippen LogP contribution in [0.3, 0.4) is 0 Å². The lowest BCUT2D eigenvalue weighted by Gasteiger charge is -2.28. The molecule has 0 aliphatic carbocycles. The van der Waals surface area contributed by atoms with Gasteiger partial charge in [-0.15, -0.1) is 0 Å². The van der Waals surface area contributed by atoms with E-state index in [-0.39, 0.29) is 5.91 Å². The van der Waals surface area contributed by atoms with Gasteiger partial charge in [0.1, 0.15) is 0 Å². The first-order chi connectivity index (χ1) is 5.61. The molecule has 0 aromatic heterocycles. The summed E-state index contributed by atoms with van der Waals surface area (Å²) in [5, 5.41) is 6.04. The number of carbonyl (C=O) groups excluding carboxylic acids is 1. The van der Waals surface area contributed by atoms with Gasteiger partial charge in [0.05, 0.1) is 6.04 Å². The van der Waals surface area contributed by atoms with E-state index in [0.717, 1.165) is 24.2 Å². The minimum absolute atomic E-state index is 0.0708. The van der Waals surface area contributed by atoms with Crippen molar-refractivity contribution in [3.05, 3.63) is 11.1 Å². The molecule has 1 fully saturated rings. The molecule has 68 valence electrons. The minimum Gasteiger partial charge on any atom is -0.347 e. The van der Waals surface area contributed by atoms with Gasteiger partial charge in [-0.3, -0.25) is 4.79 Å².